The highest BCUT2D eigenvalue weighted by molar-refractivity contribution is 7.91. The lowest BCUT2D eigenvalue weighted by Crippen LogP contribution is -2.23. The highest BCUT2D eigenvalue weighted by atomic mass is 35.5. The molecule has 1 amide bonds. The molecule has 0 radical (unpaired) electrons. The van der Waals surface area contributed by atoms with Crippen LogP contribution in [0.2, 0.25) is 5.02 Å². The quantitative estimate of drug-likeness (QED) is 0.326. The Bertz CT molecular complexity index is 1780. The van der Waals surface area contributed by atoms with Gasteiger partial charge in [-0.25, -0.2) is 8.42 Å². The highest BCUT2D eigenvalue weighted by Gasteiger charge is 2.19. The minimum absolute atomic E-state index is 0.00387. The molecule has 186 valence electrons. The van der Waals surface area contributed by atoms with E-state index in [4.69, 9.17) is 11.6 Å². The van der Waals surface area contributed by atoms with E-state index >= 15 is 0 Å². The Morgan fingerprint density at radius 2 is 1.76 bits per heavy atom. The summed E-state index contributed by atoms with van der Waals surface area (Å²) >= 11 is 6.07. The Labute approximate surface area is 217 Å². The first kappa shape index (κ1) is 24.5. The largest absolute Gasteiger partial charge is 0.346 e. The number of H-pyrrole nitrogens is 1. The van der Waals surface area contributed by atoms with E-state index in [1.165, 1.54) is 41.0 Å². The van der Waals surface area contributed by atoms with Crippen molar-refractivity contribution in [2.24, 2.45) is 0 Å². The van der Waals surface area contributed by atoms with E-state index in [0.717, 1.165) is 16.5 Å². The molecule has 0 fully saturated rings. The third kappa shape index (κ3) is 5.18. The van der Waals surface area contributed by atoms with Crippen molar-refractivity contribution < 1.29 is 13.2 Å². The maximum absolute atomic E-state index is 13.2. The summed E-state index contributed by atoms with van der Waals surface area (Å²) in [4.78, 5) is 24.8. The number of carbonyl (C=O) groups is 1. The topological polar surface area (TPSA) is 114 Å². The van der Waals surface area contributed by atoms with Gasteiger partial charge in [-0.3, -0.25) is 14.7 Å². The number of fused-ring (bicyclic) bond motifs is 1. The number of halogens is 1. The molecule has 2 N–H and O–H groups in total. The summed E-state index contributed by atoms with van der Waals surface area (Å²) in [5.41, 5.74) is 2.27. The second-order valence-corrected chi connectivity index (χ2v) is 10.8. The normalized spacial score (nSPS) is 11.5. The third-order valence-corrected chi connectivity index (χ3v) is 7.91. The van der Waals surface area contributed by atoms with Crippen LogP contribution in [0.25, 0.3) is 10.9 Å². The lowest BCUT2D eigenvalue weighted by molar-refractivity contribution is 0.0950. The minimum Gasteiger partial charge on any atom is -0.346 e. The molecular weight excluding hydrogens is 512 g/mol. The number of carbonyl (C=O) groups excluding carboxylic acids is 1. The van der Waals surface area contributed by atoms with Crippen molar-refractivity contribution in [2.45, 2.75) is 22.9 Å². The van der Waals surface area contributed by atoms with Gasteiger partial charge >= 0.3 is 0 Å². The Morgan fingerprint density at radius 1 is 0.946 bits per heavy atom. The third-order valence-electron chi connectivity index (χ3n) is 5.91. The molecule has 0 bridgehead atoms. The summed E-state index contributed by atoms with van der Waals surface area (Å²) in [6, 6.07) is 22.4. The maximum atomic E-state index is 13.2. The van der Waals surface area contributed by atoms with Crippen molar-refractivity contribution in [1.82, 2.24) is 20.1 Å². The monoisotopic (exact) mass is 532 g/mol. The van der Waals surface area contributed by atoms with Gasteiger partial charge in [-0.15, -0.1) is 0 Å². The van der Waals surface area contributed by atoms with Crippen LogP contribution in [0.4, 0.5) is 0 Å². The lowest BCUT2D eigenvalue weighted by atomic mass is 10.2. The van der Waals surface area contributed by atoms with Crippen molar-refractivity contribution in [3.05, 3.63) is 123 Å². The fourth-order valence-electron chi connectivity index (χ4n) is 3.94. The minimum atomic E-state index is -3.87. The van der Waals surface area contributed by atoms with Crippen molar-refractivity contribution in [1.29, 1.82) is 0 Å². The number of amides is 1. The molecule has 0 aliphatic heterocycles. The Morgan fingerprint density at radius 3 is 2.54 bits per heavy atom. The molecule has 2 heterocycles. The van der Waals surface area contributed by atoms with E-state index in [1.807, 2.05) is 0 Å². The zero-order valence-electron chi connectivity index (χ0n) is 19.4. The molecule has 5 aromatic rings. The number of sulfone groups is 1. The van der Waals surface area contributed by atoms with Gasteiger partial charge in [0.2, 0.25) is 9.84 Å². The van der Waals surface area contributed by atoms with Gasteiger partial charge in [0.1, 0.15) is 0 Å². The van der Waals surface area contributed by atoms with Gasteiger partial charge in [0.15, 0.2) is 0 Å². The number of nitrogens with zero attached hydrogens (tertiary/aromatic N) is 2. The number of hydrogen-bond acceptors (Lipinski definition) is 5. The fraction of sp³-hybridized carbons (Fsp3) is 0.0741. The van der Waals surface area contributed by atoms with Gasteiger partial charge in [0, 0.05) is 28.2 Å². The highest BCUT2D eigenvalue weighted by Crippen LogP contribution is 2.23. The second-order valence-electron chi connectivity index (χ2n) is 8.38. The summed E-state index contributed by atoms with van der Waals surface area (Å²) in [7, 11) is -3.87. The summed E-state index contributed by atoms with van der Waals surface area (Å²) in [6.45, 7) is 0.468. The summed E-state index contributed by atoms with van der Waals surface area (Å²) in [5.74, 6) is -0.432. The molecule has 2 aromatic heterocycles. The fourth-order valence-corrected chi connectivity index (χ4v) is 5.42. The smallest absolute Gasteiger partial charge is 0.251 e. The molecule has 0 unspecified atom stereocenters. The van der Waals surface area contributed by atoms with Crippen molar-refractivity contribution >= 4 is 38.2 Å². The van der Waals surface area contributed by atoms with Crippen LogP contribution in [-0.2, 0) is 22.9 Å². The van der Waals surface area contributed by atoms with Crippen LogP contribution in [-0.4, -0.2) is 29.1 Å². The standard InChI is InChI=1S/C27H21ClN4O4S/c28-20-9-12-24-23(15-20)25(31-30-24)16-29-27(34)19-4-3-5-22(14-19)37(35,36)21-10-7-18(8-11-21)17-32-13-2-1-6-26(32)33/h1-15H,16-17H2,(H,29,34)(H,30,31). The van der Waals surface area contributed by atoms with Gasteiger partial charge in [0.05, 0.1) is 34.1 Å². The van der Waals surface area contributed by atoms with Crippen LogP contribution < -0.4 is 10.9 Å². The van der Waals surface area contributed by atoms with Crippen LogP contribution in [0.5, 0.6) is 0 Å². The molecule has 8 nitrogen and oxygen atoms in total. The van der Waals surface area contributed by atoms with Gasteiger partial charge in [-0.2, -0.15) is 5.10 Å². The van der Waals surface area contributed by atoms with E-state index in [1.54, 1.807) is 54.7 Å². The van der Waals surface area contributed by atoms with Crippen LogP contribution in [0.15, 0.2) is 106 Å². The van der Waals surface area contributed by atoms with Crippen molar-refractivity contribution in [3.8, 4) is 0 Å². The average Bonchev–Trinajstić information content (AvgIpc) is 3.31. The summed E-state index contributed by atoms with van der Waals surface area (Å²) < 4.78 is 28.0. The molecule has 0 spiro atoms. The Balaban J connectivity index is 1.32. The van der Waals surface area contributed by atoms with E-state index in [0.29, 0.717) is 17.3 Å². The Hall–Kier alpha value is -4.21. The van der Waals surface area contributed by atoms with Crippen molar-refractivity contribution in [2.75, 3.05) is 0 Å². The predicted molar refractivity (Wildman–Crippen MR) is 140 cm³/mol. The number of rotatable bonds is 7. The number of pyridine rings is 1. The molecule has 0 saturated heterocycles. The summed E-state index contributed by atoms with van der Waals surface area (Å²) in [6.07, 6.45) is 1.67. The first-order chi connectivity index (χ1) is 17.8. The maximum Gasteiger partial charge on any atom is 0.251 e. The summed E-state index contributed by atoms with van der Waals surface area (Å²) in [5, 5.41) is 11.2. The molecule has 37 heavy (non-hydrogen) atoms. The van der Waals surface area contributed by atoms with Crippen LogP contribution >= 0.6 is 11.6 Å². The van der Waals surface area contributed by atoms with Gasteiger partial charge in [0.25, 0.3) is 11.5 Å². The molecule has 0 aliphatic carbocycles. The second kappa shape index (κ2) is 10.0. The molecule has 3 aromatic carbocycles. The average molecular weight is 533 g/mol. The number of hydrogen-bond donors (Lipinski definition) is 2. The number of benzene rings is 3. The number of aromatic nitrogens is 3. The van der Waals surface area contributed by atoms with Gasteiger partial charge < -0.3 is 9.88 Å². The van der Waals surface area contributed by atoms with E-state index < -0.39 is 15.7 Å². The van der Waals surface area contributed by atoms with Crippen molar-refractivity contribution in [3.63, 3.8) is 0 Å². The first-order valence-corrected chi connectivity index (χ1v) is 13.2. The van der Waals surface area contributed by atoms with Crippen LogP contribution in [0.3, 0.4) is 0 Å². The SMILES string of the molecule is O=C(NCc1n[nH]c2ccc(Cl)cc12)c1cccc(S(=O)(=O)c2ccc(Cn3ccccc3=O)cc2)c1. The molecule has 0 atom stereocenters. The molecule has 5 rings (SSSR count). The van der Waals surface area contributed by atoms with Gasteiger partial charge in [-0.1, -0.05) is 35.9 Å². The molecule has 0 saturated carbocycles. The van der Waals surface area contributed by atoms with E-state index in [-0.39, 0.29) is 27.5 Å². The van der Waals surface area contributed by atoms with E-state index in [2.05, 4.69) is 15.5 Å². The number of nitrogens with one attached hydrogen (secondary N) is 2. The Kier molecular flexibility index (Phi) is 6.64. The molecular formula is C27H21ClN4O4S. The van der Waals surface area contributed by atoms with Gasteiger partial charge in [-0.05, 0) is 60.2 Å². The zero-order chi connectivity index (χ0) is 26.0. The predicted octanol–water partition coefficient (Wildman–Crippen LogP) is 4.19. The van der Waals surface area contributed by atoms with E-state index in [9.17, 15) is 18.0 Å². The first-order valence-electron chi connectivity index (χ1n) is 11.3. The lowest BCUT2D eigenvalue weighted by Gasteiger charge is -2.09. The molecule has 10 heteroatoms. The number of aromatic amines is 1. The van der Waals surface area contributed by atoms with Crippen LogP contribution in [0, 0.1) is 0 Å². The zero-order valence-corrected chi connectivity index (χ0v) is 21.0. The molecule has 0 aliphatic rings. The van der Waals surface area contributed by atoms with Crippen LogP contribution in [0.1, 0.15) is 21.6 Å².